The van der Waals surface area contributed by atoms with E-state index in [0.717, 1.165) is 83.1 Å². The van der Waals surface area contributed by atoms with Crippen molar-refractivity contribution in [1.29, 1.82) is 0 Å². The number of hydrogen-bond donors (Lipinski definition) is 3. The van der Waals surface area contributed by atoms with E-state index in [9.17, 15) is 9.90 Å². The summed E-state index contributed by atoms with van der Waals surface area (Å²) in [5, 5.41) is 25.3. The van der Waals surface area contributed by atoms with Crippen LogP contribution in [0.4, 0.5) is 5.69 Å². The molecule has 0 bridgehead atoms. The molecule has 1 saturated heterocycles. The molecule has 2 aromatic carbocycles. The van der Waals surface area contributed by atoms with Crippen LogP contribution in [0.3, 0.4) is 0 Å². The maximum Gasteiger partial charge on any atom is 0.251 e. The minimum atomic E-state index is -0.821. The van der Waals surface area contributed by atoms with Crippen LogP contribution in [0.5, 0.6) is 0 Å². The number of aromatic nitrogens is 3. The molecule has 5 rings (SSSR count). The Bertz CT molecular complexity index is 1520. The molecule has 1 atom stereocenters. The Morgan fingerprint density at radius 2 is 1.81 bits per heavy atom. The van der Waals surface area contributed by atoms with Crippen molar-refractivity contribution in [3.8, 4) is 22.4 Å². The Morgan fingerprint density at radius 1 is 1.12 bits per heavy atom. The van der Waals surface area contributed by atoms with Crippen LogP contribution in [-0.2, 0) is 4.74 Å². The van der Waals surface area contributed by atoms with Crippen LogP contribution >= 0.6 is 0 Å². The van der Waals surface area contributed by atoms with E-state index in [2.05, 4.69) is 76.9 Å². The number of nitrogens with one attached hydrogen (secondary N) is 2. The summed E-state index contributed by atoms with van der Waals surface area (Å²) in [7, 11) is 0. The van der Waals surface area contributed by atoms with Crippen LogP contribution in [0.25, 0.3) is 22.4 Å². The topological polar surface area (TPSA) is 105 Å². The first kappa shape index (κ1) is 30.5. The third kappa shape index (κ3) is 6.68. The van der Waals surface area contributed by atoms with Crippen molar-refractivity contribution in [3.05, 3.63) is 76.6 Å². The Balaban J connectivity index is 1.50. The fraction of sp³-hybridized carbons (Fsp3) is 0.441. The summed E-state index contributed by atoms with van der Waals surface area (Å²) >= 11 is 0. The molecule has 2 aliphatic rings. The molecule has 1 aromatic heterocycles. The van der Waals surface area contributed by atoms with Crippen LogP contribution in [0.2, 0.25) is 0 Å². The molecule has 0 aliphatic carbocycles. The van der Waals surface area contributed by atoms with Gasteiger partial charge in [-0.3, -0.25) is 4.79 Å². The van der Waals surface area contributed by atoms with E-state index in [1.165, 1.54) is 0 Å². The summed E-state index contributed by atoms with van der Waals surface area (Å²) in [5.74, 6) is -0.163. The van der Waals surface area contributed by atoms with E-state index in [1.54, 1.807) is 0 Å². The van der Waals surface area contributed by atoms with Crippen LogP contribution in [0, 0.1) is 6.92 Å². The normalized spacial score (nSPS) is 17.6. The number of carbonyl (C=O) groups is 1. The van der Waals surface area contributed by atoms with Crippen LogP contribution < -0.4 is 15.5 Å². The molecule has 228 valence electrons. The van der Waals surface area contributed by atoms with Gasteiger partial charge in [0.1, 0.15) is 11.9 Å². The van der Waals surface area contributed by atoms with E-state index in [-0.39, 0.29) is 18.5 Å². The molecular formula is C34H44N6O3. The molecule has 1 fully saturated rings. The highest BCUT2D eigenvalue weighted by Gasteiger charge is 2.26. The number of anilines is 1. The molecule has 0 spiro atoms. The number of amides is 1. The lowest BCUT2D eigenvalue weighted by molar-refractivity contribution is 0.0846. The third-order valence-electron chi connectivity index (χ3n) is 8.53. The number of aliphatic hydroxyl groups is 1. The van der Waals surface area contributed by atoms with Crippen LogP contribution in [0.1, 0.15) is 69.4 Å². The quantitative estimate of drug-likeness (QED) is 0.310. The minimum Gasteiger partial charge on any atom is -0.381 e. The van der Waals surface area contributed by atoms with Gasteiger partial charge in [-0.15, -0.1) is 5.10 Å². The SMILES string of the molecule is CCN(c1cc(-c2ccc(-c3cn(C(C)C)nn3)cc2)cc(C(=O)NCC2=C(C)C=C(C)NC2O)c1C)C1CCOCC1. The van der Waals surface area contributed by atoms with Gasteiger partial charge in [-0.05, 0) is 94.9 Å². The van der Waals surface area contributed by atoms with Gasteiger partial charge in [0.15, 0.2) is 0 Å². The zero-order valence-corrected chi connectivity index (χ0v) is 26.1. The first-order valence-corrected chi connectivity index (χ1v) is 15.3. The number of nitrogens with zero attached hydrogens (tertiary/aromatic N) is 4. The summed E-state index contributed by atoms with van der Waals surface area (Å²) in [5.41, 5.74) is 9.07. The van der Waals surface area contributed by atoms with Gasteiger partial charge in [-0.1, -0.05) is 29.5 Å². The predicted octanol–water partition coefficient (Wildman–Crippen LogP) is 5.38. The summed E-state index contributed by atoms with van der Waals surface area (Å²) in [6.45, 7) is 14.8. The molecule has 3 N–H and O–H groups in total. The minimum absolute atomic E-state index is 0.163. The van der Waals surface area contributed by atoms with E-state index in [0.29, 0.717) is 11.6 Å². The number of rotatable bonds is 9. The van der Waals surface area contributed by atoms with Gasteiger partial charge < -0.3 is 25.4 Å². The van der Waals surface area contributed by atoms with Crippen molar-refractivity contribution in [3.63, 3.8) is 0 Å². The molecule has 9 heteroatoms. The van der Waals surface area contributed by atoms with E-state index < -0.39 is 6.23 Å². The van der Waals surface area contributed by atoms with Gasteiger partial charge in [-0.25, -0.2) is 4.68 Å². The lowest BCUT2D eigenvalue weighted by Crippen LogP contribution is -2.40. The highest BCUT2D eigenvalue weighted by Crippen LogP contribution is 2.34. The Kier molecular flexibility index (Phi) is 9.32. The molecule has 2 aliphatic heterocycles. The summed E-state index contributed by atoms with van der Waals surface area (Å²) < 4.78 is 7.51. The highest BCUT2D eigenvalue weighted by atomic mass is 16.5. The molecule has 0 saturated carbocycles. The molecule has 9 nitrogen and oxygen atoms in total. The zero-order chi connectivity index (χ0) is 30.7. The zero-order valence-electron chi connectivity index (χ0n) is 26.1. The van der Waals surface area contributed by atoms with Gasteiger partial charge in [0.05, 0.1) is 6.20 Å². The lowest BCUT2D eigenvalue weighted by atomic mass is 9.94. The smallest absolute Gasteiger partial charge is 0.251 e. The second kappa shape index (κ2) is 13.1. The van der Waals surface area contributed by atoms with E-state index >= 15 is 0 Å². The fourth-order valence-corrected chi connectivity index (χ4v) is 6.00. The van der Waals surface area contributed by atoms with Crippen LogP contribution in [-0.4, -0.2) is 64.6 Å². The number of benzene rings is 2. The number of hydrogen-bond acceptors (Lipinski definition) is 7. The molecule has 1 amide bonds. The van der Waals surface area contributed by atoms with Gasteiger partial charge in [0.2, 0.25) is 0 Å². The maximum atomic E-state index is 13.8. The summed E-state index contributed by atoms with van der Waals surface area (Å²) in [6, 6.07) is 13.1. The van der Waals surface area contributed by atoms with E-state index in [4.69, 9.17) is 4.74 Å². The second-order valence-electron chi connectivity index (χ2n) is 11.8. The number of allylic oxidation sites excluding steroid dienone is 3. The van der Waals surface area contributed by atoms with E-state index in [1.807, 2.05) is 43.8 Å². The van der Waals surface area contributed by atoms with Crippen molar-refractivity contribution in [1.82, 2.24) is 25.6 Å². The van der Waals surface area contributed by atoms with Crippen molar-refractivity contribution in [2.24, 2.45) is 0 Å². The molecule has 3 heterocycles. The first-order chi connectivity index (χ1) is 20.7. The highest BCUT2D eigenvalue weighted by molar-refractivity contribution is 5.99. The second-order valence-corrected chi connectivity index (χ2v) is 11.8. The average molecular weight is 585 g/mol. The van der Waals surface area contributed by atoms with Gasteiger partial charge in [0.25, 0.3) is 5.91 Å². The number of aliphatic hydroxyl groups excluding tert-OH is 1. The van der Waals surface area contributed by atoms with Crippen molar-refractivity contribution in [2.45, 2.75) is 72.7 Å². The number of dihydropyridines is 1. The Morgan fingerprint density at radius 3 is 2.44 bits per heavy atom. The predicted molar refractivity (Wildman–Crippen MR) is 171 cm³/mol. The largest absolute Gasteiger partial charge is 0.381 e. The molecular weight excluding hydrogens is 540 g/mol. The van der Waals surface area contributed by atoms with Crippen LogP contribution in [0.15, 0.2) is 65.5 Å². The maximum absolute atomic E-state index is 13.8. The Hall–Kier alpha value is -3.95. The standard InChI is InChI=1S/C34H44N6O3/c1-7-39(28-12-14-43-15-13-28)32-18-27(25-8-10-26(11-9-25)31-20-40(21(2)3)38-37-31)17-29(24(32)6)33(41)35-19-30-22(4)16-23(5)36-34(30)42/h8-11,16-18,20-21,28,34,36,42H,7,12-15,19H2,1-6H3,(H,35,41). The van der Waals surface area contributed by atoms with Crippen molar-refractivity contribution < 1.29 is 14.6 Å². The summed E-state index contributed by atoms with van der Waals surface area (Å²) in [6.07, 6.45) is 5.04. The molecule has 1 unspecified atom stereocenters. The summed E-state index contributed by atoms with van der Waals surface area (Å²) in [4.78, 5) is 16.2. The monoisotopic (exact) mass is 584 g/mol. The third-order valence-corrected chi connectivity index (χ3v) is 8.53. The van der Waals surface area contributed by atoms with Crippen molar-refractivity contribution >= 4 is 11.6 Å². The van der Waals surface area contributed by atoms with Gasteiger partial charge in [-0.2, -0.15) is 0 Å². The average Bonchev–Trinajstić information content (AvgIpc) is 3.49. The number of carbonyl (C=O) groups excluding carboxylic acids is 1. The molecule has 3 aromatic rings. The number of ether oxygens (including phenoxy) is 1. The molecule has 43 heavy (non-hydrogen) atoms. The van der Waals surface area contributed by atoms with Crippen molar-refractivity contribution in [2.75, 3.05) is 31.2 Å². The molecule has 0 radical (unpaired) electrons. The first-order valence-electron chi connectivity index (χ1n) is 15.3. The Labute approximate surface area is 254 Å². The lowest BCUT2D eigenvalue weighted by Gasteiger charge is -2.37. The van der Waals surface area contributed by atoms with Gasteiger partial charge in [0, 0.05) is 66.5 Å². The fourth-order valence-electron chi connectivity index (χ4n) is 6.00. The van der Waals surface area contributed by atoms with Gasteiger partial charge >= 0.3 is 0 Å².